The monoisotopic (exact) mass is 561 g/mol. The van der Waals surface area contributed by atoms with Crippen LogP contribution in [-0.2, 0) is 13.0 Å². The van der Waals surface area contributed by atoms with E-state index in [2.05, 4.69) is 10.6 Å². The molecule has 0 saturated heterocycles. The fourth-order valence-corrected chi connectivity index (χ4v) is 4.71. The molecule has 220 valence electrons. The van der Waals surface area contributed by atoms with Gasteiger partial charge in [-0.3, -0.25) is 9.59 Å². The Labute approximate surface area is 243 Å². The predicted octanol–water partition coefficient (Wildman–Crippen LogP) is 4.46. The van der Waals surface area contributed by atoms with E-state index in [1.165, 1.54) is 0 Å². The van der Waals surface area contributed by atoms with Crippen molar-refractivity contribution in [2.75, 3.05) is 33.9 Å². The maximum atomic E-state index is 13.4. The van der Waals surface area contributed by atoms with Crippen LogP contribution in [0.3, 0.4) is 0 Å². The summed E-state index contributed by atoms with van der Waals surface area (Å²) in [6, 6.07) is 21.6. The van der Waals surface area contributed by atoms with Gasteiger partial charge in [0, 0.05) is 43.4 Å². The van der Waals surface area contributed by atoms with Gasteiger partial charge in [0.1, 0.15) is 11.5 Å². The third-order valence-electron chi connectivity index (χ3n) is 6.82. The van der Waals surface area contributed by atoms with Gasteiger partial charge < -0.3 is 30.1 Å². The highest BCUT2D eigenvalue weighted by atomic mass is 16.5. The second-order valence-electron chi connectivity index (χ2n) is 10.1. The van der Waals surface area contributed by atoms with Gasteiger partial charge >= 0.3 is 0 Å². The van der Waals surface area contributed by atoms with Gasteiger partial charge in [0.05, 0.1) is 26.4 Å². The van der Waals surface area contributed by atoms with Crippen LogP contribution < -0.4 is 20.1 Å². The van der Waals surface area contributed by atoms with Gasteiger partial charge in [0.15, 0.2) is 0 Å². The smallest absolute Gasteiger partial charge is 0.253 e. The number of carbonyl (C=O) groups is 2. The van der Waals surface area contributed by atoms with Crippen LogP contribution >= 0.6 is 0 Å². The standard InChI is InChI=1S/C33H43N3O5/c1-5-15-36(16-6-2)33(39)27-14-10-13-26(20-27)32(38)35-30(19-24-11-8-7-9-12-24)31(37)23-34-22-25-17-28(40-3)21-29(18-25)41-4/h7-14,17-18,20-21,30-31,34,37H,5-6,15-16,19,22-23H2,1-4H3,(H,35,38)/t30-,31+/m0/s1. The zero-order chi connectivity index (χ0) is 29.6. The van der Waals surface area contributed by atoms with Crippen molar-refractivity contribution >= 4 is 11.8 Å². The first-order valence-electron chi connectivity index (χ1n) is 14.2. The number of rotatable bonds is 16. The second kappa shape index (κ2) is 16.4. The molecule has 0 bridgehead atoms. The van der Waals surface area contributed by atoms with Gasteiger partial charge in [-0.15, -0.1) is 0 Å². The third kappa shape index (κ3) is 9.62. The fourth-order valence-electron chi connectivity index (χ4n) is 4.71. The number of nitrogens with zero attached hydrogens (tertiary/aromatic N) is 1. The molecule has 0 spiro atoms. The highest BCUT2D eigenvalue weighted by molar-refractivity contribution is 5.99. The van der Waals surface area contributed by atoms with Crippen molar-refractivity contribution in [3.05, 3.63) is 95.1 Å². The molecular weight excluding hydrogens is 518 g/mol. The minimum Gasteiger partial charge on any atom is -0.497 e. The van der Waals surface area contributed by atoms with Crippen molar-refractivity contribution in [2.24, 2.45) is 0 Å². The first-order chi connectivity index (χ1) is 19.9. The van der Waals surface area contributed by atoms with E-state index < -0.39 is 12.1 Å². The quantitative estimate of drug-likeness (QED) is 0.239. The molecule has 0 radical (unpaired) electrons. The van der Waals surface area contributed by atoms with E-state index in [0.717, 1.165) is 24.0 Å². The Balaban J connectivity index is 1.72. The van der Waals surface area contributed by atoms with E-state index in [1.807, 2.05) is 61.2 Å². The molecule has 8 nitrogen and oxygen atoms in total. The number of carbonyl (C=O) groups excluding carboxylic acids is 2. The number of benzene rings is 3. The van der Waals surface area contributed by atoms with Crippen LogP contribution in [0.4, 0.5) is 0 Å². The summed E-state index contributed by atoms with van der Waals surface area (Å²) in [4.78, 5) is 28.3. The molecule has 3 aromatic rings. The van der Waals surface area contributed by atoms with Crippen molar-refractivity contribution < 1.29 is 24.2 Å². The number of ether oxygens (including phenoxy) is 2. The molecule has 0 saturated carbocycles. The van der Waals surface area contributed by atoms with E-state index in [1.54, 1.807) is 44.6 Å². The van der Waals surface area contributed by atoms with Crippen LogP contribution in [0.5, 0.6) is 11.5 Å². The van der Waals surface area contributed by atoms with Crippen molar-refractivity contribution in [1.29, 1.82) is 0 Å². The van der Waals surface area contributed by atoms with Crippen molar-refractivity contribution in [2.45, 2.75) is 51.8 Å². The lowest BCUT2D eigenvalue weighted by molar-refractivity contribution is 0.0755. The van der Waals surface area contributed by atoms with Gasteiger partial charge in [0.2, 0.25) is 0 Å². The summed E-state index contributed by atoms with van der Waals surface area (Å²) in [6.45, 7) is 6.15. The van der Waals surface area contributed by atoms with Gasteiger partial charge in [-0.2, -0.15) is 0 Å². The number of hydrogen-bond donors (Lipinski definition) is 3. The molecule has 41 heavy (non-hydrogen) atoms. The first kappa shape index (κ1) is 31.6. The third-order valence-corrected chi connectivity index (χ3v) is 6.82. The molecule has 3 rings (SSSR count). The summed E-state index contributed by atoms with van der Waals surface area (Å²) in [5.74, 6) is 0.950. The molecule has 3 aromatic carbocycles. The number of nitrogens with one attached hydrogen (secondary N) is 2. The zero-order valence-electron chi connectivity index (χ0n) is 24.6. The number of aliphatic hydroxyl groups is 1. The molecule has 3 N–H and O–H groups in total. The summed E-state index contributed by atoms with van der Waals surface area (Å²) in [6.07, 6.45) is 1.30. The molecule has 2 amide bonds. The Morgan fingerprint density at radius 1 is 0.829 bits per heavy atom. The van der Waals surface area contributed by atoms with Crippen molar-refractivity contribution in [3.63, 3.8) is 0 Å². The minimum atomic E-state index is -0.874. The van der Waals surface area contributed by atoms with E-state index in [-0.39, 0.29) is 18.4 Å². The summed E-state index contributed by atoms with van der Waals surface area (Å²) >= 11 is 0. The summed E-state index contributed by atoms with van der Waals surface area (Å²) in [5.41, 5.74) is 2.80. The van der Waals surface area contributed by atoms with Crippen LogP contribution in [0.1, 0.15) is 58.5 Å². The van der Waals surface area contributed by atoms with Gasteiger partial charge in [-0.1, -0.05) is 50.2 Å². The molecule has 8 heteroatoms. The van der Waals surface area contributed by atoms with Crippen LogP contribution in [-0.4, -0.2) is 67.8 Å². The average molecular weight is 562 g/mol. The van der Waals surface area contributed by atoms with Crippen molar-refractivity contribution in [1.82, 2.24) is 15.5 Å². The molecule has 0 aliphatic rings. The molecule has 0 heterocycles. The molecule has 0 fully saturated rings. The first-order valence-corrected chi connectivity index (χ1v) is 14.2. The largest absolute Gasteiger partial charge is 0.497 e. The lowest BCUT2D eigenvalue weighted by Crippen LogP contribution is -2.48. The zero-order valence-corrected chi connectivity index (χ0v) is 24.6. The van der Waals surface area contributed by atoms with Crippen LogP contribution in [0, 0.1) is 0 Å². The van der Waals surface area contributed by atoms with E-state index in [0.29, 0.717) is 48.7 Å². The summed E-state index contributed by atoms with van der Waals surface area (Å²) < 4.78 is 10.7. The Morgan fingerprint density at radius 3 is 2.07 bits per heavy atom. The van der Waals surface area contributed by atoms with Crippen LogP contribution in [0.2, 0.25) is 0 Å². The van der Waals surface area contributed by atoms with Gasteiger partial charge in [-0.05, 0) is 60.7 Å². The molecule has 0 aliphatic heterocycles. The Bertz CT molecular complexity index is 1220. The minimum absolute atomic E-state index is 0.0809. The lowest BCUT2D eigenvalue weighted by atomic mass is 10.00. The molecule has 0 unspecified atom stereocenters. The Kier molecular flexibility index (Phi) is 12.7. The Hall–Kier alpha value is -3.88. The van der Waals surface area contributed by atoms with Crippen LogP contribution in [0.25, 0.3) is 0 Å². The molecular formula is C33H43N3O5. The maximum Gasteiger partial charge on any atom is 0.253 e. The van der Waals surface area contributed by atoms with Gasteiger partial charge in [0.25, 0.3) is 11.8 Å². The maximum absolute atomic E-state index is 13.4. The second-order valence-corrected chi connectivity index (χ2v) is 10.1. The summed E-state index contributed by atoms with van der Waals surface area (Å²) in [5, 5.41) is 17.5. The number of hydrogen-bond acceptors (Lipinski definition) is 6. The topological polar surface area (TPSA) is 100 Å². The normalized spacial score (nSPS) is 12.3. The predicted molar refractivity (Wildman–Crippen MR) is 162 cm³/mol. The average Bonchev–Trinajstić information content (AvgIpc) is 3.00. The van der Waals surface area contributed by atoms with E-state index in [4.69, 9.17) is 9.47 Å². The van der Waals surface area contributed by atoms with Crippen molar-refractivity contribution in [3.8, 4) is 11.5 Å². The van der Waals surface area contributed by atoms with E-state index in [9.17, 15) is 14.7 Å². The SMILES string of the molecule is CCCN(CCC)C(=O)c1cccc(C(=O)N[C@@H](Cc2ccccc2)[C@H](O)CNCc2cc(OC)cc(OC)c2)c1. The van der Waals surface area contributed by atoms with Gasteiger partial charge in [-0.25, -0.2) is 0 Å². The highest BCUT2D eigenvalue weighted by Crippen LogP contribution is 2.22. The molecule has 0 aromatic heterocycles. The Morgan fingerprint density at radius 2 is 1.46 bits per heavy atom. The van der Waals surface area contributed by atoms with Crippen LogP contribution in [0.15, 0.2) is 72.8 Å². The number of amides is 2. The fraction of sp³-hybridized carbons (Fsp3) is 0.394. The molecule has 0 aliphatic carbocycles. The van der Waals surface area contributed by atoms with E-state index >= 15 is 0 Å². The number of aliphatic hydroxyl groups excluding tert-OH is 1. The number of methoxy groups -OCH3 is 2. The summed E-state index contributed by atoms with van der Waals surface area (Å²) in [7, 11) is 3.20. The lowest BCUT2D eigenvalue weighted by Gasteiger charge is -2.25. The highest BCUT2D eigenvalue weighted by Gasteiger charge is 2.23. The molecule has 2 atom stereocenters.